The summed E-state index contributed by atoms with van der Waals surface area (Å²) in [5, 5.41) is 12.2. The van der Waals surface area contributed by atoms with Crippen LogP contribution in [-0.2, 0) is 19.4 Å². The molecule has 0 atom stereocenters. The second kappa shape index (κ2) is 7.38. The van der Waals surface area contributed by atoms with Crippen LogP contribution in [0.2, 0.25) is 0 Å². The van der Waals surface area contributed by atoms with Crippen molar-refractivity contribution in [3.05, 3.63) is 52.0 Å². The number of benzene rings is 1. The lowest BCUT2D eigenvalue weighted by Crippen LogP contribution is -2.21. The summed E-state index contributed by atoms with van der Waals surface area (Å²) in [6.45, 7) is 1.70. The number of aliphatic hydroxyl groups excluding tert-OH is 1. The smallest absolute Gasteiger partial charge is 0.0932 e. The van der Waals surface area contributed by atoms with Crippen molar-refractivity contribution < 1.29 is 5.11 Å². The van der Waals surface area contributed by atoms with Gasteiger partial charge in [0, 0.05) is 24.9 Å². The van der Waals surface area contributed by atoms with Gasteiger partial charge in [0.05, 0.1) is 17.3 Å². The summed E-state index contributed by atoms with van der Waals surface area (Å²) in [7, 11) is 2.00. The number of aryl methyl sites for hydroxylation is 2. The average molecular weight is 276 g/mol. The van der Waals surface area contributed by atoms with E-state index in [1.54, 1.807) is 11.3 Å². The SMILES string of the molecule is CN(CCO)Cc1csc(CCc2ccccc2)n1. The fourth-order valence-corrected chi connectivity index (χ4v) is 2.75. The fourth-order valence-electron chi connectivity index (χ4n) is 1.96. The van der Waals surface area contributed by atoms with Gasteiger partial charge in [-0.05, 0) is 19.0 Å². The molecule has 0 radical (unpaired) electrons. The number of nitrogens with zero attached hydrogens (tertiary/aromatic N) is 2. The van der Waals surface area contributed by atoms with Crippen LogP contribution in [0.25, 0.3) is 0 Å². The molecule has 0 aliphatic rings. The quantitative estimate of drug-likeness (QED) is 0.843. The lowest BCUT2D eigenvalue weighted by atomic mass is 10.1. The van der Waals surface area contributed by atoms with E-state index in [4.69, 9.17) is 5.11 Å². The summed E-state index contributed by atoms with van der Waals surface area (Å²) in [5.41, 5.74) is 2.46. The number of likely N-dealkylation sites (N-methyl/N-ethyl adjacent to an activating group) is 1. The van der Waals surface area contributed by atoms with Crippen molar-refractivity contribution in [2.45, 2.75) is 19.4 Å². The number of thiazole rings is 1. The molecule has 0 fully saturated rings. The molecule has 0 aliphatic carbocycles. The molecular formula is C15H20N2OS. The number of aliphatic hydroxyl groups is 1. The van der Waals surface area contributed by atoms with Gasteiger partial charge in [0.25, 0.3) is 0 Å². The van der Waals surface area contributed by atoms with Crippen LogP contribution in [-0.4, -0.2) is 35.2 Å². The minimum Gasteiger partial charge on any atom is -0.395 e. The minimum absolute atomic E-state index is 0.196. The Bertz CT molecular complexity index is 484. The molecule has 102 valence electrons. The Morgan fingerprint density at radius 2 is 2.00 bits per heavy atom. The van der Waals surface area contributed by atoms with Crippen LogP contribution in [0.3, 0.4) is 0 Å². The Labute approximate surface area is 118 Å². The maximum atomic E-state index is 8.87. The average Bonchev–Trinajstić information content (AvgIpc) is 2.85. The Balaban J connectivity index is 1.84. The van der Waals surface area contributed by atoms with E-state index >= 15 is 0 Å². The first kappa shape index (κ1) is 14.2. The molecule has 3 nitrogen and oxygen atoms in total. The van der Waals surface area contributed by atoms with E-state index in [0.717, 1.165) is 25.1 Å². The van der Waals surface area contributed by atoms with Crippen LogP contribution in [0.1, 0.15) is 16.3 Å². The van der Waals surface area contributed by atoms with Gasteiger partial charge in [-0.2, -0.15) is 0 Å². The first-order valence-electron chi connectivity index (χ1n) is 6.54. The maximum Gasteiger partial charge on any atom is 0.0932 e. The number of hydrogen-bond acceptors (Lipinski definition) is 4. The summed E-state index contributed by atoms with van der Waals surface area (Å²) in [4.78, 5) is 6.72. The zero-order chi connectivity index (χ0) is 13.5. The third kappa shape index (κ3) is 4.74. The molecule has 0 unspecified atom stereocenters. The predicted octanol–water partition coefficient (Wildman–Crippen LogP) is 2.35. The van der Waals surface area contributed by atoms with E-state index < -0.39 is 0 Å². The minimum atomic E-state index is 0.196. The molecule has 19 heavy (non-hydrogen) atoms. The van der Waals surface area contributed by atoms with Crippen LogP contribution in [0, 0.1) is 0 Å². The zero-order valence-electron chi connectivity index (χ0n) is 11.2. The normalized spacial score (nSPS) is 11.1. The molecule has 1 aromatic heterocycles. The van der Waals surface area contributed by atoms with Gasteiger partial charge < -0.3 is 5.11 Å². The summed E-state index contributed by atoms with van der Waals surface area (Å²) in [5.74, 6) is 0. The molecule has 1 heterocycles. The van der Waals surface area contributed by atoms with Gasteiger partial charge in [-0.15, -0.1) is 11.3 Å². The molecule has 0 spiro atoms. The van der Waals surface area contributed by atoms with Crippen molar-refractivity contribution in [3.8, 4) is 0 Å². The fraction of sp³-hybridized carbons (Fsp3) is 0.400. The largest absolute Gasteiger partial charge is 0.395 e. The van der Waals surface area contributed by atoms with Gasteiger partial charge in [-0.25, -0.2) is 4.98 Å². The van der Waals surface area contributed by atoms with Gasteiger partial charge in [0.1, 0.15) is 0 Å². The maximum absolute atomic E-state index is 8.87. The van der Waals surface area contributed by atoms with E-state index in [1.165, 1.54) is 10.6 Å². The van der Waals surface area contributed by atoms with Gasteiger partial charge >= 0.3 is 0 Å². The lowest BCUT2D eigenvalue weighted by Gasteiger charge is -2.12. The first-order chi connectivity index (χ1) is 9.28. The van der Waals surface area contributed by atoms with Crippen molar-refractivity contribution in [2.24, 2.45) is 0 Å². The first-order valence-corrected chi connectivity index (χ1v) is 7.42. The Kier molecular flexibility index (Phi) is 5.51. The van der Waals surface area contributed by atoms with Crippen molar-refractivity contribution in [1.82, 2.24) is 9.88 Å². The second-order valence-corrected chi connectivity index (χ2v) is 5.62. The number of rotatable bonds is 7. The van der Waals surface area contributed by atoms with Gasteiger partial charge in [-0.3, -0.25) is 4.90 Å². The Morgan fingerprint density at radius 3 is 2.74 bits per heavy atom. The monoisotopic (exact) mass is 276 g/mol. The van der Waals surface area contributed by atoms with E-state index in [1.807, 2.05) is 13.1 Å². The molecule has 2 rings (SSSR count). The van der Waals surface area contributed by atoms with Crippen LogP contribution in [0.15, 0.2) is 35.7 Å². The molecule has 4 heteroatoms. The van der Waals surface area contributed by atoms with Gasteiger partial charge in [0.15, 0.2) is 0 Å². The predicted molar refractivity (Wildman–Crippen MR) is 79.4 cm³/mol. The summed E-state index contributed by atoms with van der Waals surface area (Å²) >= 11 is 1.73. The van der Waals surface area contributed by atoms with Crippen molar-refractivity contribution in [1.29, 1.82) is 0 Å². The molecule has 0 amide bonds. The summed E-state index contributed by atoms with van der Waals surface area (Å²) < 4.78 is 0. The molecular weight excluding hydrogens is 256 g/mol. The second-order valence-electron chi connectivity index (χ2n) is 4.68. The van der Waals surface area contributed by atoms with E-state index in [9.17, 15) is 0 Å². The van der Waals surface area contributed by atoms with Crippen molar-refractivity contribution in [2.75, 3.05) is 20.2 Å². The summed E-state index contributed by atoms with van der Waals surface area (Å²) in [6.07, 6.45) is 2.04. The van der Waals surface area contributed by atoms with Crippen LogP contribution in [0.5, 0.6) is 0 Å². The highest BCUT2D eigenvalue weighted by molar-refractivity contribution is 7.09. The number of aromatic nitrogens is 1. The molecule has 0 saturated heterocycles. The third-order valence-electron chi connectivity index (χ3n) is 2.98. The molecule has 0 bridgehead atoms. The van der Waals surface area contributed by atoms with Gasteiger partial charge in [0.2, 0.25) is 0 Å². The topological polar surface area (TPSA) is 36.4 Å². The molecule has 1 aromatic carbocycles. The molecule has 0 saturated carbocycles. The van der Waals surface area contributed by atoms with E-state index in [-0.39, 0.29) is 6.61 Å². The lowest BCUT2D eigenvalue weighted by molar-refractivity contribution is 0.216. The highest BCUT2D eigenvalue weighted by Crippen LogP contribution is 2.14. The van der Waals surface area contributed by atoms with E-state index in [2.05, 4.69) is 39.5 Å². The zero-order valence-corrected chi connectivity index (χ0v) is 12.1. The highest BCUT2D eigenvalue weighted by Gasteiger charge is 2.05. The Morgan fingerprint density at radius 1 is 1.21 bits per heavy atom. The standard InChI is InChI=1S/C15H20N2OS/c1-17(9-10-18)11-14-12-19-15(16-14)8-7-13-5-3-2-4-6-13/h2-6,12,18H,7-11H2,1H3. The van der Waals surface area contributed by atoms with Crippen molar-refractivity contribution >= 4 is 11.3 Å². The van der Waals surface area contributed by atoms with E-state index in [0.29, 0.717) is 6.54 Å². The van der Waals surface area contributed by atoms with Crippen LogP contribution >= 0.6 is 11.3 Å². The van der Waals surface area contributed by atoms with Crippen LogP contribution < -0.4 is 0 Å². The molecule has 1 N–H and O–H groups in total. The number of hydrogen-bond donors (Lipinski definition) is 1. The van der Waals surface area contributed by atoms with Crippen LogP contribution in [0.4, 0.5) is 0 Å². The highest BCUT2D eigenvalue weighted by atomic mass is 32.1. The van der Waals surface area contributed by atoms with Gasteiger partial charge in [-0.1, -0.05) is 30.3 Å². The van der Waals surface area contributed by atoms with Crippen molar-refractivity contribution in [3.63, 3.8) is 0 Å². The summed E-state index contributed by atoms with van der Waals surface area (Å²) in [6, 6.07) is 10.5. The third-order valence-corrected chi connectivity index (χ3v) is 3.94. The molecule has 2 aromatic rings. The Hall–Kier alpha value is -1.23. The molecule has 0 aliphatic heterocycles.